The third-order valence-electron chi connectivity index (χ3n) is 3.12. The molecule has 0 aliphatic carbocycles. The molecule has 2 fully saturated rings. The summed E-state index contributed by atoms with van der Waals surface area (Å²) in [6.45, 7) is 3.63. The van der Waals surface area contributed by atoms with Gasteiger partial charge in [-0.15, -0.1) is 0 Å². The number of morpholine rings is 1. The first kappa shape index (κ1) is 12.3. The Balaban J connectivity index is 1.61. The van der Waals surface area contributed by atoms with Gasteiger partial charge in [-0.2, -0.15) is 0 Å². The van der Waals surface area contributed by atoms with Gasteiger partial charge in [0.25, 0.3) is 0 Å². The summed E-state index contributed by atoms with van der Waals surface area (Å²) >= 11 is 0. The van der Waals surface area contributed by atoms with E-state index in [0.29, 0.717) is 45.8 Å². The van der Waals surface area contributed by atoms with Crippen molar-refractivity contribution >= 4 is 11.8 Å². The molecule has 6 heteroatoms. The summed E-state index contributed by atoms with van der Waals surface area (Å²) in [5, 5.41) is 5.96. The van der Waals surface area contributed by atoms with Crippen LogP contribution in [0.2, 0.25) is 0 Å². The predicted octanol–water partition coefficient (Wildman–Crippen LogP) is -1.29. The second kappa shape index (κ2) is 5.97. The molecule has 0 spiro atoms. The first-order chi connectivity index (χ1) is 8.25. The van der Waals surface area contributed by atoms with Crippen molar-refractivity contribution in [3.63, 3.8) is 0 Å². The molecule has 1 atom stereocenters. The zero-order valence-electron chi connectivity index (χ0n) is 9.91. The lowest BCUT2D eigenvalue weighted by molar-refractivity contribution is -0.134. The summed E-state index contributed by atoms with van der Waals surface area (Å²) in [5.74, 6) is 0.217. The van der Waals surface area contributed by atoms with Crippen LogP contribution in [-0.2, 0) is 14.3 Å². The van der Waals surface area contributed by atoms with Crippen molar-refractivity contribution in [2.75, 3.05) is 39.4 Å². The van der Waals surface area contributed by atoms with Gasteiger partial charge >= 0.3 is 0 Å². The van der Waals surface area contributed by atoms with E-state index in [9.17, 15) is 9.59 Å². The first-order valence-electron chi connectivity index (χ1n) is 6.11. The summed E-state index contributed by atoms with van der Waals surface area (Å²) in [5.41, 5.74) is 0. The number of nitrogens with one attached hydrogen (secondary N) is 2. The molecule has 0 aromatic carbocycles. The van der Waals surface area contributed by atoms with Gasteiger partial charge in [-0.25, -0.2) is 0 Å². The number of carbonyl (C=O) groups excluding carboxylic acids is 2. The van der Waals surface area contributed by atoms with E-state index in [1.807, 2.05) is 4.90 Å². The quantitative estimate of drug-likeness (QED) is 0.643. The molecule has 2 amide bonds. The van der Waals surface area contributed by atoms with Gasteiger partial charge < -0.3 is 20.3 Å². The van der Waals surface area contributed by atoms with E-state index in [2.05, 4.69) is 10.6 Å². The molecular formula is C11H19N3O3. The second-order valence-electron chi connectivity index (χ2n) is 4.43. The maximum atomic E-state index is 11.8. The number of carbonyl (C=O) groups is 2. The van der Waals surface area contributed by atoms with Gasteiger partial charge in [0.2, 0.25) is 11.8 Å². The van der Waals surface area contributed by atoms with Crippen LogP contribution in [0.5, 0.6) is 0 Å². The first-order valence-corrected chi connectivity index (χ1v) is 6.11. The van der Waals surface area contributed by atoms with Crippen LogP contribution in [0.4, 0.5) is 0 Å². The Morgan fingerprint density at radius 3 is 2.88 bits per heavy atom. The molecule has 0 aromatic heterocycles. The molecule has 2 N–H and O–H groups in total. The van der Waals surface area contributed by atoms with Gasteiger partial charge in [-0.3, -0.25) is 9.59 Å². The fourth-order valence-electron chi connectivity index (χ4n) is 2.11. The zero-order chi connectivity index (χ0) is 12.1. The molecular weight excluding hydrogens is 222 g/mol. The van der Waals surface area contributed by atoms with Crippen molar-refractivity contribution in [2.45, 2.75) is 18.9 Å². The normalized spacial score (nSPS) is 24.8. The molecule has 2 heterocycles. The molecule has 2 rings (SSSR count). The molecule has 17 heavy (non-hydrogen) atoms. The SMILES string of the molecule is O=C1CCC(CNCC(=O)N2CCOCC2)N1. The predicted molar refractivity (Wildman–Crippen MR) is 61.4 cm³/mol. The molecule has 2 aliphatic rings. The summed E-state index contributed by atoms with van der Waals surface area (Å²) in [4.78, 5) is 24.5. The highest BCUT2D eigenvalue weighted by Gasteiger charge is 2.21. The Labute approximate surface area is 101 Å². The van der Waals surface area contributed by atoms with Gasteiger partial charge in [0, 0.05) is 32.1 Å². The van der Waals surface area contributed by atoms with Crippen molar-refractivity contribution < 1.29 is 14.3 Å². The molecule has 6 nitrogen and oxygen atoms in total. The fourth-order valence-corrected chi connectivity index (χ4v) is 2.11. The van der Waals surface area contributed by atoms with E-state index in [-0.39, 0.29) is 17.9 Å². The van der Waals surface area contributed by atoms with Crippen molar-refractivity contribution in [1.82, 2.24) is 15.5 Å². The molecule has 0 bridgehead atoms. The maximum absolute atomic E-state index is 11.8. The van der Waals surface area contributed by atoms with E-state index in [1.54, 1.807) is 0 Å². The summed E-state index contributed by atoms with van der Waals surface area (Å²) < 4.78 is 5.19. The van der Waals surface area contributed by atoms with Gasteiger partial charge in [0.05, 0.1) is 19.8 Å². The Bertz CT molecular complexity index is 290. The minimum atomic E-state index is 0.108. The Hall–Kier alpha value is -1.14. The molecule has 2 aliphatic heterocycles. The monoisotopic (exact) mass is 241 g/mol. The minimum absolute atomic E-state index is 0.108. The van der Waals surface area contributed by atoms with Crippen LogP contribution in [-0.4, -0.2) is 62.1 Å². The Kier molecular flexibility index (Phi) is 4.33. The number of hydrogen-bond acceptors (Lipinski definition) is 4. The smallest absolute Gasteiger partial charge is 0.236 e. The lowest BCUT2D eigenvalue weighted by atomic mass is 10.2. The molecule has 0 radical (unpaired) electrons. The lowest BCUT2D eigenvalue weighted by Crippen LogP contribution is -2.46. The minimum Gasteiger partial charge on any atom is -0.378 e. The number of rotatable bonds is 4. The molecule has 0 aromatic rings. The average Bonchev–Trinajstić information content (AvgIpc) is 2.76. The molecule has 1 unspecified atom stereocenters. The van der Waals surface area contributed by atoms with Gasteiger partial charge in [0.1, 0.15) is 0 Å². The van der Waals surface area contributed by atoms with E-state index in [0.717, 1.165) is 6.42 Å². The van der Waals surface area contributed by atoms with Crippen LogP contribution in [0.15, 0.2) is 0 Å². The van der Waals surface area contributed by atoms with Crippen LogP contribution >= 0.6 is 0 Å². The number of ether oxygens (including phenoxy) is 1. The van der Waals surface area contributed by atoms with Crippen LogP contribution in [0.3, 0.4) is 0 Å². The third-order valence-corrected chi connectivity index (χ3v) is 3.12. The van der Waals surface area contributed by atoms with Crippen LogP contribution in [0.1, 0.15) is 12.8 Å². The van der Waals surface area contributed by atoms with Crippen molar-refractivity contribution in [1.29, 1.82) is 0 Å². The van der Waals surface area contributed by atoms with Crippen LogP contribution in [0.25, 0.3) is 0 Å². The highest BCUT2D eigenvalue weighted by molar-refractivity contribution is 5.79. The Morgan fingerprint density at radius 1 is 1.47 bits per heavy atom. The van der Waals surface area contributed by atoms with E-state index < -0.39 is 0 Å². The van der Waals surface area contributed by atoms with Crippen molar-refractivity contribution in [3.8, 4) is 0 Å². The third kappa shape index (κ3) is 3.67. The number of amides is 2. The van der Waals surface area contributed by atoms with Gasteiger partial charge in [-0.05, 0) is 6.42 Å². The van der Waals surface area contributed by atoms with E-state index in [1.165, 1.54) is 0 Å². The van der Waals surface area contributed by atoms with Gasteiger partial charge in [0.15, 0.2) is 0 Å². The summed E-state index contributed by atoms with van der Waals surface area (Å²) in [6.07, 6.45) is 1.46. The number of nitrogens with zero attached hydrogens (tertiary/aromatic N) is 1. The second-order valence-corrected chi connectivity index (χ2v) is 4.43. The summed E-state index contributed by atoms with van der Waals surface area (Å²) in [6, 6.07) is 0.181. The van der Waals surface area contributed by atoms with E-state index in [4.69, 9.17) is 4.74 Å². The van der Waals surface area contributed by atoms with Crippen molar-refractivity contribution in [3.05, 3.63) is 0 Å². The maximum Gasteiger partial charge on any atom is 0.236 e. The fraction of sp³-hybridized carbons (Fsp3) is 0.818. The van der Waals surface area contributed by atoms with E-state index >= 15 is 0 Å². The zero-order valence-corrected chi connectivity index (χ0v) is 9.91. The molecule has 96 valence electrons. The highest BCUT2D eigenvalue weighted by Crippen LogP contribution is 2.04. The molecule has 0 saturated carbocycles. The van der Waals surface area contributed by atoms with Crippen molar-refractivity contribution in [2.24, 2.45) is 0 Å². The summed E-state index contributed by atoms with van der Waals surface area (Å²) in [7, 11) is 0. The topological polar surface area (TPSA) is 70.7 Å². The standard InChI is InChI=1S/C11H19N3O3/c15-10-2-1-9(13-10)7-12-8-11(16)14-3-5-17-6-4-14/h9,12H,1-8H2,(H,13,15). The Morgan fingerprint density at radius 2 is 2.24 bits per heavy atom. The van der Waals surface area contributed by atoms with Crippen LogP contribution < -0.4 is 10.6 Å². The average molecular weight is 241 g/mol. The molecule has 2 saturated heterocycles. The number of hydrogen-bond donors (Lipinski definition) is 2. The van der Waals surface area contributed by atoms with Gasteiger partial charge in [-0.1, -0.05) is 0 Å². The largest absolute Gasteiger partial charge is 0.378 e. The highest BCUT2D eigenvalue weighted by atomic mass is 16.5. The lowest BCUT2D eigenvalue weighted by Gasteiger charge is -2.27. The van der Waals surface area contributed by atoms with Crippen LogP contribution in [0, 0.1) is 0 Å².